The average Bonchev–Trinajstić information content (AvgIpc) is 2.60. The Kier molecular flexibility index (Phi) is 4.93. The van der Waals surface area contributed by atoms with Crippen LogP contribution in [0.5, 0.6) is 0 Å². The number of carboxylic acids is 1. The summed E-state index contributed by atoms with van der Waals surface area (Å²) in [6.07, 6.45) is 1.26. The minimum absolute atomic E-state index is 0.189. The standard InChI is InChI=1S/C19H20N2O5S/c1-12-7-8-14(9-16(12)20-27(2,25)26)18(22)21-11-15-6-4-3-5-13(15)10-17(21)19(23)24/h3-9,17,20H,10-11H2,1-2H3,(H,23,24). The number of nitrogens with one attached hydrogen (secondary N) is 1. The summed E-state index contributed by atoms with van der Waals surface area (Å²) >= 11 is 0. The maximum absolute atomic E-state index is 13.0. The molecule has 1 heterocycles. The predicted molar refractivity (Wildman–Crippen MR) is 101 cm³/mol. The molecule has 1 unspecified atom stereocenters. The lowest BCUT2D eigenvalue weighted by Crippen LogP contribution is -2.48. The molecule has 27 heavy (non-hydrogen) atoms. The molecule has 0 bridgehead atoms. The highest BCUT2D eigenvalue weighted by Gasteiger charge is 2.35. The van der Waals surface area contributed by atoms with E-state index in [0.717, 1.165) is 17.4 Å². The van der Waals surface area contributed by atoms with Crippen molar-refractivity contribution >= 4 is 27.6 Å². The largest absolute Gasteiger partial charge is 0.480 e. The third kappa shape index (κ3) is 4.11. The Labute approximate surface area is 157 Å². The fourth-order valence-electron chi connectivity index (χ4n) is 3.19. The van der Waals surface area contributed by atoms with Crippen LogP contribution in [0.15, 0.2) is 42.5 Å². The lowest BCUT2D eigenvalue weighted by molar-refractivity contribution is -0.142. The van der Waals surface area contributed by atoms with Gasteiger partial charge in [-0.2, -0.15) is 0 Å². The van der Waals surface area contributed by atoms with E-state index in [1.807, 2.05) is 24.3 Å². The molecule has 2 N–H and O–H groups in total. The number of hydrogen-bond acceptors (Lipinski definition) is 4. The third-order valence-electron chi connectivity index (χ3n) is 4.57. The molecular weight excluding hydrogens is 368 g/mol. The summed E-state index contributed by atoms with van der Waals surface area (Å²) in [6.45, 7) is 1.91. The highest BCUT2D eigenvalue weighted by molar-refractivity contribution is 7.92. The topological polar surface area (TPSA) is 104 Å². The van der Waals surface area contributed by atoms with Gasteiger partial charge in [-0.3, -0.25) is 9.52 Å². The number of aliphatic carboxylic acids is 1. The second-order valence-electron chi connectivity index (χ2n) is 6.66. The van der Waals surface area contributed by atoms with Gasteiger partial charge < -0.3 is 10.0 Å². The molecular formula is C19H20N2O5S. The van der Waals surface area contributed by atoms with E-state index in [1.54, 1.807) is 19.1 Å². The second-order valence-corrected chi connectivity index (χ2v) is 8.41. The van der Waals surface area contributed by atoms with Crippen LogP contribution in [0.25, 0.3) is 0 Å². The van der Waals surface area contributed by atoms with Crippen LogP contribution in [-0.4, -0.2) is 42.6 Å². The van der Waals surface area contributed by atoms with Gasteiger partial charge >= 0.3 is 5.97 Å². The van der Waals surface area contributed by atoms with Crippen molar-refractivity contribution in [1.29, 1.82) is 0 Å². The summed E-state index contributed by atoms with van der Waals surface area (Å²) in [4.78, 5) is 26.1. The molecule has 0 fully saturated rings. The highest BCUT2D eigenvalue weighted by atomic mass is 32.2. The highest BCUT2D eigenvalue weighted by Crippen LogP contribution is 2.26. The zero-order valence-electron chi connectivity index (χ0n) is 15.0. The number of benzene rings is 2. The van der Waals surface area contributed by atoms with Crippen LogP contribution in [0.2, 0.25) is 0 Å². The molecule has 8 heteroatoms. The quantitative estimate of drug-likeness (QED) is 0.834. The van der Waals surface area contributed by atoms with E-state index in [1.165, 1.54) is 11.0 Å². The average molecular weight is 388 g/mol. The fourth-order valence-corrected chi connectivity index (χ4v) is 3.81. The Morgan fingerprint density at radius 2 is 1.81 bits per heavy atom. The number of nitrogens with zero attached hydrogens (tertiary/aromatic N) is 1. The van der Waals surface area contributed by atoms with Crippen LogP contribution in [-0.2, 0) is 27.8 Å². The molecule has 0 aliphatic carbocycles. The number of amides is 1. The molecule has 142 valence electrons. The molecule has 0 saturated heterocycles. The number of carbonyl (C=O) groups excluding carboxylic acids is 1. The van der Waals surface area contributed by atoms with Crippen molar-refractivity contribution in [3.8, 4) is 0 Å². The van der Waals surface area contributed by atoms with Crippen molar-refractivity contribution in [2.45, 2.75) is 25.9 Å². The van der Waals surface area contributed by atoms with Gasteiger partial charge in [-0.05, 0) is 35.7 Å². The summed E-state index contributed by atoms with van der Waals surface area (Å²) in [5, 5.41) is 9.60. The van der Waals surface area contributed by atoms with E-state index in [2.05, 4.69) is 4.72 Å². The normalized spacial score (nSPS) is 16.5. The Bertz CT molecular complexity index is 1020. The van der Waals surface area contributed by atoms with Crippen LogP contribution in [0.3, 0.4) is 0 Å². The molecule has 1 aliphatic rings. The van der Waals surface area contributed by atoms with Crippen LogP contribution < -0.4 is 4.72 Å². The maximum atomic E-state index is 13.0. The summed E-state index contributed by atoms with van der Waals surface area (Å²) in [5.41, 5.74) is 3.02. The molecule has 2 aromatic rings. The first-order chi connectivity index (χ1) is 12.7. The minimum Gasteiger partial charge on any atom is -0.480 e. The molecule has 0 spiro atoms. The Hall–Kier alpha value is -2.87. The van der Waals surface area contributed by atoms with Crippen LogP contribution in [0, 0.1) is 6.92 Å². The lowest BCUT2D eigenvalue weighted by Gasteiger charge is -2.34. The summed E-state index contributed by atoms with van der Waals surface area (Å²) < 4.78 is 25.4. The molecule has 3 rings (SSSR count). The van der Waals surface area contributed by atoms with Crippen LogP contribution in [0.1, 0.15) is 27.0 Å². The first-order valence-electron chi connectivity index (χ1n) is 8.35. The van der Waals surface area contributed by atoms with Crippen molar-refractivity contribution in [2.24, 2.45) is 0 Å². The van der Waals surface area contributed by atoms with Crippen molar-refractivity contribution in [2.75, 3.05) is 11.0 Å². The van der Waals surface area contributed by atoms with E-state index in [9.17, 15) is 23.1 Å². The number of carboxylic acid groups (broad SMARTS) is 1. The fraction of sp³-hybridized carbons (Fsp3) is 0.263. The van der Waals surface area contributed by atoms with Crippen molar-refractivity contribution in [3.05, 3.63) is 64.7 Å². The molecule has 1 amide bonds. The number of aryl methyl sites for hydroxylation is 1. The van der Waals surface area contributed by atoms with Crippen molar-refractivity contribution in [3.63, 3.8) is 0 Å². The van der Waals surface area contributed by atoms with Gasteiger partial charge in [-0.15, -0.1) is 0 Å². The monoisotopic (exact) mass is 388 g/mol. The van der Waals surface area contributed by atoms with E-state index < -0.39 is 27.9 Å². The van der Waals surface area contributed by atoms with E-state index in [4.69, 9.17) is 0 Å². The Morgan fingerprint density at radius 3 is 2.44 bits per heavy atom. The molecule has 1 aliphatic heterocycles. The lowest BCUT2D eigenvalue weighted by atomic mass is 9.93. The third-order valence-corrected chi connectivity index (χ3v) is 5.17. The molecule has 1 atom stereocenters. The number of fused-ring (bicyclic) bond motifs is 1. The number of rotatable bonds is 4. The summed E-state index contributed by atoms with van der Waals surface area (Å²) in [6, 6.07) is 11.1. The minimum atomic E-state index is -3.50. The van der Waals surface area contributed by atoms with Gasteiger partial charge in [-0.25, -0.2) is 13.2 Å². The van der Waals surface area contributed by atoms with Gasteiger partial charge in [0.25, 0.3) is 5.91 Å². The van der Waals surface area contributed by atoms with Gasteiger partial charge in [0.05, 0.1) is 11.9 Å². The smallest absolute Gasteiger partial charge is 0.326 e. The first-order valence-corrected chi connectivity index (χ1v) is 10.2. The number of carbonyl (C=O) groups is 2. The Morgan fingerprint density at radius 1 is 1.15 bits per heavy atom. The molecule has 0 aromatic heterocycles. The number of hydrogen-bond donors (Lipinski definition) is 2. The molecule has 0 saturated carbocycles. The molecule has 2 aromatic carbocycles. The van der Waals surface area contributed by atoms with E-state index >= 15 is 0 Å². The number of anilines is 1. The van der Waals surface area contributed by atoms with E-state index in [0.29, 0.717) is 11.3 Å². The van der Waals surface area contributed by atoms with E-state index in [-0.39, 0.29) is 18.5 Å². The number of sulfonamides is 1. The first kappa shape index (κ1) is 18.9. The molecule has 0 radical (unpaired) electrons. The van der Waals surface area contributed by atoms with Crippen molar-refractivity contribution < 1.29 is 23.1 Å². The zero-order chi connectivity index (χ0) is 19.8. The predicted octanol–water partition coefficient (Wildman–Crippen LogP) is 2.02. The Balaban J connectivity index is 1.97. The van der Waals surface area contributed by atoms with Crippen molar-refractivity contribution in [1.82, 2.24) is 4.90 Å². The summed E-state index contributed by atoms with van der Waals surface area (Å²) in [5.74, 6) is -1.52. The van der Waals surface area contributed by atoms with Gasteiger partial charge in [0.1, 0.15) is 6.04 Å². The van der Waals surface area contributed by atoms with Gasteiger partial charge in [0.2, 0.25) is 10.0 Å². The zero-order valence-corrected chi connectivity index (χ0v) is 15.8. The SMILES string of the molecule is Cc1ccc(C(=O)N2Cc3ccccc3CC2C(=O)O)cc1NS(C)(=O)=O. The second kappa shape index (κ2) is 7.03. The summed E-state index contributed by atoms with van der Waals surface area (Å²) in [7, 11) is -3.50. The maximum Gasteiger partial charge on any atom is 0.326 e. The van der Waals surface area contributed by atoms with Crippen LogP contribution >= 0.6 is 0 Å². The van der Waals surface area contributed by atoms with Gasteiger partial charge in [0, 0.05) is 18.5 Å². The van der Waals surface area contributed by atoms with Gasteiger partial charge in [0.15, 0.2) is 0 Å². The van der Waals surface area contributed by atoms with Gasteiger partial charge in [-0.1, -0.05) is 30.3 Å². The van der Waals surface area contributed by atoms with Crippen LogP contribution in [0.4, 0.5) is 5.69 Å². The molecule has 7 nitrogen and oxygen atoms in total.